The standard InChI is InChI=1S/C12H6ClF4NO2S/c13-5-1-2-6(7(14)3-5)10-8(15)4-9(16)11(17)12(10)21(18,19)20/h1-4H,(H2,18,19,20). The number of benzene rings is 2. The van der Waals surface area contributed by atoms with E-state index in [1.807, 2.05) is 0 Å². The molecule has 9 heteroatoms. The zero-order valence-electron chi connectivity index (χ0n) is 10.0. The second-order valence-electron chi connectivity index (χ2n) is 4.03. The topological polar surface area (TPSA) is 60.2 Å². The fourth-order valence-corrected chi connectivity index (χ4v) is 2.78. The summed E-state index contributed by atoms with van der Waals surface area (Å²) >= 11 is 5.52. The summed E-state index contributed by atoms with van der Waals surface area (Å²) in [6, 6.07) is 2.94. The molecule has 0 fully saturated rings. The van der Waals surface area contributed by atoms with Crippen molar-refractivity contribution in [1.29, 1.82) is 0 Å². The van der Waals surface area contributed by atoms with Crippen molar-refractivity contribution in [2.45, 2.75) is 4.90 Å². The molecule has 0 aliphatic heterocycles. The molecule has 0 amide bonds. The molecule has 0 spiro atoms. The van der Waals surface area contributed by atoms with Crippen molar-refractivity contribution in [3.05, 3.63) is 52.6 Å². The van der Waals surface area contributed by atoms with E-state index in [9.17, 15) is 26.0 Å². The molecule has 0 heterocycles. The van der Waals surface area contributed by atoms with E-state index in [0.717, 1.165) is 18.2 Å². The largest absolute Gasteiger partial charge is 0.241 e. The van der Waals surface area contributed by atoms with Gasteiger partial charge >= 0.3 is 0 Å². The predicted molar refractivity (Wildman–Crippen MR) is 68.1 cm³/mol. The molecule has 0 saturated carbocycles. The van der Waals surface area contributed by atoms with Crippen LogP contribution in [0, 0.1) is 23.3 Å². The summed E-state index contributed by atoms with van der Waals surface area (Å²) in [6.07, 6.45) is 0. The van der Waals surface area contributed by atoms with Gasteiger partial charge in [0.05, 0.1) is 0 Å². The van der Waals surface area contributed by atoms with Crippen LogP contribution in [-0.2, 0) is 10.0 Å². The molecule has 0 unspecified atom stereocenters. The van der Waals surface area contributed by atoms with Crippen LogP contribution >= 0.6 is 11.6 Å². The van der Waals surface area contributed by atoms with Gasteiger partial charge in [-0.1, -0.05) is 11.6 Å². The van der Waals surface area contributed by atoms with Gasteiger partial charge in [0.2, 0.25) is 10.0 Å². The Kier molecular flexibility index (Phi) is 3.96. The molecule has 0 saturated heterocycles. The summed E-state index contributed by atoms with van der Waals surface area (Å²) in [7, 11) is -4.84. The number of halogens is 5. The van der Waals surface area contributed by atoms with E-state index >= 15 is 0 Å². The van der Waals surface area contributed by atoms with E-state index in [0.29, 0.717) is 0 Å². The minimum atomic E-state index is -4.84. The molecule has 2 rings (SSSR count). The lowest BCUT2D eigenvalue weighted by Crippen LogP contribution is -2.17. The number of hydrogen-bond acceptors (Lipinski definition) is 2. The van der Waals surface area contributed by atoms with Crippen LogP contribution in [0.3, 0.4) is 0 Å². The fraction of sp³-hybridized carbons (Fsp3) is 0. The Morgan fingerprint density at radius 2 is 1.57 bits per heavy atom. The minimum absolute atomic E-state index is 0.0450. The first-order valence-corrected chi connectivity index (χ1v) is 7.21. The highest BCUT2D eigenvalue weighted by Gasteiger charge is 2.28. The lowest BCUT2D eigenvalue weighted by atomic mass is 10.0. The van der Waals surface area contributed by atoms with Crippen molar-refractivity contribution in [3.63, 3.8) is 0 Å². The summed E-state index contributed by atoms with van der Waals surface area (Å²) in [4.78, 5) is -1.46. The van der Waals surface area contributed by atoms with Crippen molar-refractivity contribution in [2.75, 3.05) is 0 Å². The average Bonchev–Trinajstić information content (AvgIpc) is 2.33. The first-order chi connectivity index (χ1) is 9.62. The third kappa shape index (κ3) is 2.87. The second-order valence-corrected chi connectivity index (χ2v) is 5.96. The molecule has 2 aromatic rings. The Morgan fingerprint density at radius 1 is 0.952 bits per heavy atom. The summed E-state index contributed by atoms with van der Waals surface area (Å²) in [6.45, 7) is 0. The van der Waals surface area contributed by atoms with Gasteiger partial charge in [-0.25, -0.2) is 31.1 Å². The number of sulfonamides is 1. The Bertz CT molecular complexity index is 840. The zero-order chi connectivity index (χ0) is 15.9. The molecule has 2 aromatic carbocycles. The summed E-state index contributed by atoms with van der Waals surface area (Å²) < 4.78 is 77.3. The van der Waals surface area contributed by atoms with E-state index in [1.165, 1.54) is 0 Å². The third-order valence-corrected chi connectivity index (χ3v) is 3.80. The molecule has 0 aliphatic rings. The Morgan fingerprint density at radius 3 is 2.10 bits per heavy atom. The lowest BCUT2D eigenvalue weighted by molar-refractivity contribution is 0.472. The van der Waals surface area contributed by atoms with Crippen LogP contribution in [0.15, 0.2) is 29.2 Å². The minimum Gasteiger partial charge on any atom is -0.225 e. The normalized spacial score (nSPS) is 11.7. The van der Waals surface area contributed by atoms with E-state index in [2.05, 4.69) is 0 Å². The SMILES string of the molecule is NS(=O)(=O)c1c(F)c(F)cc(F)c1-c1ccc(Cl)cc1F. The van der Waals surface area contributed by atoms with Gasteiger partial charge in [-0.15, -0.1) is 0 Å². The fourth-order valence-electron chi connectivity index (χ4n) is 1.78. The zero-order valence-corrected chi connectivity index (χ0v) is 11.6. The second kappa shape index (κ2) is 5.28. The molecular weight excluding hydrogens is 334 g/mol. The van der Waals surface area contributed by atoms with Gasteiger partial charge in [-0.3, -0.25) is 0 Å². The molecular formula is C12H6ClF4NO2S. The molecule has 3 nitrogen and oxygen atoms in total. The Hall–Kier alpha value is -1.64. The van der Waals surface area contributed by atoms with Crippen LogP contribution in [0.1, 0.15) is 0 Å². The number of rotatable bonds is 2. The smallest absolute Gasteiger partial charge is 0.225 e. The predicted octanol–water partition coefficient (Wildman–Crippen LogP) is 3.21. The molecule has 21 heavy (non-hydrogen) atoms. The molecule has 0 radical (unpaired) electrons. The first-order valence-electron chi connectivity index (χ1n) is 5.28. The Labute approximate surface area is 122 Å². The van der Waals surface area contributed by atoms with Gasteiger partial charge in [-0.05, 0) is 18.2 Å². The number of primary sulfonamides is 1. The molecule has 0 atom stereocenters. The summed E-state index contributed by atoms with van der Waals surface area (Å²) in [5.74, 6) is -6.23. The molecule has 0 aliphatic carbocycles. The van der Waals surface area contributed by atoms with E-state index in [-0.39, 0.29) is 11.1 Å². The van der Waals surface area contributed by atoms with Gasteiger partial charge in [0.15, 0.2) is 11.6 Å². The highest BCUT2D eigenvalue weighted by molar-refractivity contribution is 7.89. The third-order valence-electron chi connectivity index (χ3n) is 2.61. The van der Waals surface area contributed by atoms with Gasteiger partial charge in [0.1, 0.15) is 16.5 Å². The molecule has 112 valence electrons. The van der Waals surface area contributed by atoms with Crippen LogP contribution < -0.4 is 5.14 Å². The van der Waals surface area contributed by atoms with Crippen LogP contribution in [0.4, 0.5) is 17.6 Å². The molecule has 0 aromatic heterocycles. The molecule has 2 N–H and O–H groups in total. The summed E-state index contributed by atoms with van der Waals surface area (Å²) in [5.41, 5.74) is -1.61. The maximum Gasteiger partial charge on any atom is 0.241 e. The quantitative estimate of drug-likeness (QED) is 0.674. The van der Waals surface area contributed by atoms with Gasteiger partial charge in [0.25, 0.3) is 0 Å². The Balaban J connectivity index is 2.95. The maximum atomic E-state index is 13.9. The average molecular weight is 340 g/mol. The van der Waals surface area contributed by atoms with Gasteiger partial charge in [-0.2, -0.15) is 0 Å². The van der Waals surface area contributed by atoms with Crippen LogP contribution in [0.2, 0.25) is 5.02 Å². The maximum absolute atomic E-state index is 13.9. The monoisotopic (exact) mass is 339 g/mol. The molecule has 0 bridgehead atoms. The van der Waals surface area contributed by atoms with Crippen molar-refractivity contribution in [2.24, 2.45) is 5.14 Å². The highest BCUT2D eigenvalue weighted by Crippen LogP contribution is 2.35. The van der Waals surface area contributed by atoms with Crippen molar-refractivity contribution < 1.29 is 26.0 Å². The highest BCUT2D eigenvalue weighted by atomic mass is 35.5. The van der Waals surface area contributed by atoms with Gasteiger partial charge in [0, 0.05) is 22.2 Å². The van der Waals surface area contributed by atoms with Crippen molar-refractivity contribution in [3.8, 4) is 11.1 Å². The lowest BCUT2D eigenvalue weighted by Gasteiger charge is -2.12. The number of hydrogen-bond donors (Lipinski definition) is 1. The van der Waals surface area contributed by atoms with Crippen LogP contribution in [0.5, 0.6) is 0 Å². The van der Waals surface area contributed by atoms with Crippen molar-refractivity contribution >= 4 is 21.6 Å². The summed E-state index contributed by atoms with van der Waals surface area (Å²) in [5, 5.41) is 4.72. The van der Waals surface area contributed by atoms with Crippen molar-refractivity contribution in [1.82, 2.24) is 0 Å². The van der Waals surface area contributed by atoms with E-state index in [1.54, 1.807) is 0 Å². The van der Waals surface area contributed by atoms with Crippen LogP contribution in [-0.4, -0.2) is 8.42 Å². The van der Waals surface area contributed by atoms with Gasteiger partial charge < -0.3 is 0 Å². The van der Waals surface area contributed by atoms with E-state index < -0.39 is 49.3 Å². The van der Waals surface area contributed by atoms with Crippen LogP contribution in [0.25, 0.3) is 11.1 Å². The van der Waals surface area contributed by atoms with E-state index in [4.69, 9.17) is 16.7 Å². The first kappa shape index (κ1) is 15.7. The number of nitrogens with two attached hydrogens (primary N) is 1.